The van der Waals surface area contributed by atoms with Gasteiger partial charge in [0.05, 0.1) is 6.61 Å². The van der Waals surface area contributed by atoms with Crippen molar-refractivity contribution in [1.29, 1.82) is 0 Å². The van der Waals surface area contributed by atoms with Crippen LogP contribution in [-0.4, -0.2) is 12.6 Å². The van der Waals surface area contributed by atoms with Gasteiger partial charge in [0.25, 0.3) is 0 Å². The van der Waals surface area contributed by atoms with Crippen molar-refractivity contribution in [3.8, 4) is 0 Å². The highest BCUT2D eigenvalue weighted by Crippen LogP contribution is 2.01. The van der Waals surface area contributed by atoms with Gasteiger partial charge in [0, 0.05) is 0 Å². The summed E-state index contributed by atoms with van der Waals surface area (Å²) >= 11 is 0. The highest BCUT2D eigenvalue weighted by atomic mass is 16.7. The minimum atomic E-state index is -0.636. The fourth-order valence-corrected chi connectivity index (χ4v) is 0.900. The summed E-state index contributed by atoms with van der Waals surface area (Å²) < 4.78 is 0. The van der Waals surface area contributed by atoms with Crippen molar-refractivity contribution >= 4 is 6.03 Å². The first-order chi connectivity index (χ1) is 5.77. The molecule has 0 fully saturated rings. The van der Waals surface area contributed by atoms with Crippen molar-refractivity contribution in [1.82, 2.24) is 5.48 Å². The van der Waals surface area contributed by atoms with Crippen LogP contribution in [-0.2, 0) is 4.84 Å². The van der Waals surface area contributed by atoms with E-state index in [1.165, 1.54) is 19.3 Å². The van der Waals surface area contributed by atoms with E-state index in [1.807, 2.05) is 0 Å². The molecule has 0 aromatic rings. The summed E-state index contributed by atoms with van der Waals surface area (Å²) in [5.41, 5.74) is 6.86. The van der Waals surface area contributed by atoms with Crippen LogP contribution < -0.4 is 11.2 Å². The summed E-state index contributed by atoms with van der Waals surface area (Å²) in [5.74, 6) is 0. The Labute approximate surface area is 73.4 Å². The van der Waals surface area contributed by atoms with E-state index >= 15 is 0 Å². The van der Waals surface area contributed by atoms with Gasteiger partial charge < -0.3 is 5.73 Å². The number of carbonyl (C=O) groups excluding carboxylic acids is 1. The van der Waals surface area contributed by atoms with Gasteiger partial charge in [-0.05, 0) is 6.42 Å². The maximum absolute atomic E-state index is 10.1. The van der Waals surface area contributed by atoms with E-state index in [2.05, 4.69) is 12.4 Å². The van der Waals surface area contributed by atoms with Gasteiger partial charge in [-0.2, -0.15) is 0 Å². The Morgan fingerprint density at radius 3 is 2.58 bits per heavy atom. The molecule has 2 amide bonds. The standard InChI is InChI=1S/C8H18N2O2/c1-2-3-4-5-6-7-12-10-8(9)11/h2-7H2,1H3,(H3,9,10,11). The maximum atomic E-state index is 10.1. The molecule has 0 heterocycles. The van der Waals surface area contributed by atoms with Crippen LogP contribution in [0.4, 0.5) is 4.79 Å². The zero-order chi connectivity index (χ0) is 9.23. The number of hydrogen-bond donors (Lipinski definition) is 2. The predicted octanol–water partition coefficient (Wildman–Crippen LogP) is 1.56. The molecule has 12 heavy (non-hydrogen) atoms. The highest BCUT2D eigenvalue weighted by molar-refractivity contribution is 5.70. The molecule has 0 spiro atoms. The van der Waals surface area contributed by atoms with Crippen LogP contribution in [0.1, 0.15) is 39.0 Å². The lowest BCUT2D eigenvalue weighted by Crippen LogP contribution is -2.29. The number of urea groups is 1. The predicted molar refractivity (Wildman–Crippen MR) is 47.4 cm³/mol. The Kier molecular flexibility index (Phi) is 7.79. The molecule has 4 nitrogen and oxygen atoms in total. The number of hydroxylamine groups is 1. The second-order valence-electron chi connectivity index (χ2n) is 2.73. The molecule has 0 aromatic carbocycles. The van der Waals surface area contributed by atoms with E-state index in [0.29, 0.717) is 6.61 Å². The lowest BCUT2D eigenvalue weighted by atomic mass is 10.2. The van der Waals surface area contributed by atoms with Crippen LogP contribution in [0.25, 0.3) is 0 Å². The molecule has 4 heteroatoms. The van der Waals surface area contributed by atoms with Gasteiger partial charge in [-0.3, -0.25) is 4.84 Å². The summed E-state index contributed by atoms with van der Waals surface area (Å²) in [5, 5.41) is 0. The monoisotopic (exact) mass is 174 g/mol. The summed E-state index contributed by atoms with van der Waals surface area (Å²) in [6.07, 6.45) is 5.86. The van der Waals surface area contributed by atoms with E-state index in [-0.39, 0.29) is 0 Å². The number of unbranched alkanes of at least 4 members (excludes halogenated alkanes) is 4. The van der Waals surface area contributed by atoms with Gasteiger partial charge in [-0.15, -0.1) is 0 Å². The molecule has 0 aromatic heterocycles. The van der Waals surface area contributed by atoms with Crippen LogP contribution in [0.5, 0.6) is 0 Å². The fourth-order valence-electron chi connectivity index (χ4n) is 0.900. The van der Waals surface area contributed by atoms with Crippen molar-refractivity contribution in [2.75, 3.05) is 6.61 Å². The van der Waals surface area contributed by atoms with E-state index in [9.17, 15) is 4.79 Å². The van der Waals surface area contributed by atoms with Gasteiger partial charge in [-0.1, -0.05) is 32.6 Å². The average molecular weight is 174 g/mol. The normalized spacial score (nSPS) is 9.75. The number of nitrogens with two attached hydrogens (primary N) is 1. The molecule has 0 saturated heterocycles. The Morgan fingerprint density at radius 2 is 2.00 bits per heavy atom. The first-order valence-corrected chi connectivity index (χ1v) is 4.44. The second-order valence-corrected chi connectivity index (χ2v) is 2.73. The maximum Gasteiger partial charge on any atom is 0.336 e. The SMILES string of the molecule is CCCCCCCONC(N)=O. The summed E-state index contributed by atoms with van der Waals surface area (Å²) in [7, 11) is 0. The quantitative estimate of drug-likeness (QED) is 0.454. The Hall–Kier alpha value is -0.770. The van der Waals surface area contributed by atoms with Crippen LogP contribution in [0.15, 0.2) is 0 Å². The number of carbonyl (C=O) groups is 1. The molecule has 0 atom stereocenters. The van der Waals surface area contributed by atoms with Crippen molar-refractivity contribution < 1.29 is 9.63 Å². The second kappa shape index (κ2) is 8.33. The van der Waals surface area contributed by atoms with Crippen LogP contribution in [0.2, 0.25) is 0 Å². The summed E-state index contributed by atoms with van der Waals surface area (Å²) in [6.45, 7) is 2.72. The zero-order valence-corrected chi connectivity index (χ0v) is 7.64. The lowest BCUT2D eigenvalue weighted by Gasteiger charge is -2.02. The minimum Gasteiger partial charge on any atom is -0.350 e. The smallest absolute Gasteiger partial charge is 0.336 e. The van der Waals surface area contributed by atoms with Crippen LogP contribution >= 0.6 is 0 Å². The Balaban J connectivity index is 2.86. The van der Waals surface area contributed by atoms with E-state index in [1.54, 1.807) is 0 Å². The molecule has 0 unspecified atom stereocenters. The molecule has 0 aliphatic heterocycles. The number of hydrogen-bond acceptors (Lipinski definition) is 2. The number of amides is 2. The molecular formula is C8H18N2O2. The molecule has 72 valence electrons. The van der Waals surface area contributed by atoms with Gasteiger partial charge in [0.2, 0.25) is 0 Å². The molecule has 0 radical (unpaired) electrons. The molecule has 0 saturated carbocycles. The van der Waals surface area contributed by atoms with E-state index < -0.39 is 6.03 Å². The minimum absolute atomic E-state index is 0.548. The average Bonchev–Trinajstić information content (AvgIpc) is 2.02. The number of primary amides is 1. The summed E-state index contributed by atoms with van der Waals surface area (Å²) in [6, 6.07) is -0.636. The van der Waals surface area contributed by atoms with Crippen molar-refractivity contribution in [3.63, 3.8) is 0 Å². The van der Waals surface area contributed by atoms with Crippen molar-refractivity contribution in [2.24, 2.45) is 5.73 Å². The van der Waals surface area contributed by atoms with Gasteiger partial charge >= 0.3 is 6.03 Å². The van der Waals surface area contributed by atoms with Crippen molar-refractivity contribution in [2.45, 2.75) is 39.0 Å². The first-order valence-electron chi connectivity index (χ1n) is 4.44. The topological polar surface area (TPSA) is 64.3 Å². The third-order valence-corrected chi connectivity index (χ3v) is 1.52. The molecule has 0 rings (SSSR count). The lowest BCUT2D eigenvalue weighted by molar-refractivity contribution is 0.0616. The van der Waals surface area contributed by atoms with Crippen LogP contribution in [0, 0.1) is 0 Å². The Bertz CT molecular complexity index is 118. The number of rotatable bonds is 7. The van der Waals surface area contributed by atoms with E-state index in [4.69, 9.17) is 10.6 Å². The summed E-state index contributed by atoms with van der Waals surface area (Å²) in [4.78, 5) is 14.9. The van der Waals surface area contributed by atoms with Crippen molar-refractivity contribution in [3.05, 3.63) is 0 Å². The van der Waals surface area contributed by atoms with Gasteiger partial charge in [-0.25, -0.2) is 10.3 Å². The molecule has 0 aliphatic carbocycles. The third kappa shape index (κ3) is 9.23. The zero-order valence-electron chi connectivity index (χ0n) is 7.64. The number of nitrogens with one attached hydrogen (secondary N) is 1. The van der Waals surface area contributed by atoms with Gasteiger partial charge in [0.15, 0.2) is 0 Å². The third-order valence-electron chi connectivity index (χ3n) is 1.52. The molecule has 0 aliphatic rings. The molecular weight excluding hydrogens is 156 g/mol. The fraction of sp³-hybridized carbons (Fsp3) is 0.875. The van der Waals surface area contributed by atoms with Gasteiger partial charge in [0.1, 0.15) is 0 Å². The van der Waals surface area contributed by atoms with E-state index in [0.717, 1.165) is 12.8 Å². The first kappa shape index (κ1) is 11.2. The largest absolute Gasteiger partial charge is 0.350 e. The molecule has 0 bridgehead atoms. The van der Waals surface area contributed by atoms with Crippen LogP contribution in [0.3, 0.4) is 0 Å². The Morgan fingerprint density at radius 1 is 1.33 bits per heavy atom. The molecule has 3 N–H and O–H groups in total. The highest BCUT2D eigenvalue weighted by Gasteiger charge is 1.91.